The number of H-pyrrole nitrogens is 1. The third-order valence-corrected chi connectivity index (χ3v) is 4.11. The number of anilines is 1. The molecule has 1 aromatic heterocycles. The molecular formula is C20H17ClN2O2. The van der Waals surface area contributed by atoms with Crippen molar-refractivity contribution in [1.29, 1.82) is 0 Å². The van der Waals surface area contributed by atoms with Crippen LogP contribution in [0.25, 0.3) is 0 Å². The third kappa shape index (κ3) is 3.98. The molecule has 3 aromatic rings. The van der Waals surface area contributed by atoms with Crippen molar-refractivity contribution >= 4 is 23.2 Å². The Morgan fingerprint density at radius 1 is 1.08 bits per heavy atom. The molecule has 5 heteroatoms. The van der Waals surface area contributed by atoms with Crippen LogP contribution in [-0.4, -0.2) is 10.9 Å². The summed E-state index contributed by atoms with van der Waals surface area (Å²) in [7, 11) is 0. The molecule has 0 aliphatic carbocycles. The number of carbonyl (C=O) groups excluding carboxylic acids is 1. The van der Waals surface area contributed by atoms with Crippen molar-refractivity contribution in [1.82, 2.24) is 4.98 Å². The quantitative estimate of drug-likeness (QED) is 0.765. The zero-order chi connectivity index (χ0) is 17.8. The van der Waals surface area contributed by atoms with Crippen molar-refractivity contribution < 1.29 is 4.79 Å². The highest BCUT2D eigenvalue weighted by Crippen LogP contribution is 2.21. The Bertz CT molecular complexity index is 948. The van der Waals surface area contributed by atoms with Crippen LogP contribution < -0.4 is 10.5 Å². The smallest absolute Gasteiger partial charge is 0.264 e. The number of aromatic nitrogens is 1. The van der Waals surface area contributed by atoms with Gasteiger partial charge in [0.1, 0.15) is 5.56 Å². The van der Waals surface area contributed by atoms with Crippen LogP contribution in [-0.2, 0) is 6.54 Å². The summed E-state index contributed by atoms with van der Waals surface area (Å²) in [4.78, 5) is 29.2. The van der Waals surface area contributed by atoms with Gasteiger partial charge in [-0.15, -0.1) is 0 Å². The van der Waals surface area contributed by atoms with Gasteiger partial charge in [0.05, 0.1) is 6.54 Å². The van der Waals surface area contributed by atoms with E-state index in [0.717, 1.165) is 16.8 Å². The summed E-state index contributed by atoms with van der Waals surface area (Å²) < 4.78 is 0. The van der Waals surface area contributed by atoms with E-state index in [1.807, 2.05) is 43.3 Å². The molecule has 0 aliphatic rings. The van der Waals surface area contributed by atoms with Crippen molar-refractivity contribution in [3.63, 3.8) is 0 Å². The predicted octanol–water partition coefficient (Wildman–Crippen LogP) is 4.18. The molecule has 126 valence electrons. The maximum atomic E-state index is 13.0. The van der Waals surface area contributed by atoms with Gasteiger partial charge < -0.3 is 9.88 Å². The minimum absolute atomic E-state index is 0.109. The highest BCUT2D eigenvalue weighted by atomic mass is 35.5. The van der Waals surface area contributed by atoms with Crippen LogP contribution >= 0.6 is 11.6 Å². The zero-order valence-corrected chi connectivity index (χ0v) is 14.5. The molecule has 0 fully saturated rings. The maximum Gasteiger partial charge on any atom is 0.264 e. The standard InChI is InChI=1S/C20H17ClN2O2/c1-14-4-2-5-17(12-14)23(13-15-7-9-16(21)10-8-15)20(25)18-6-3-11-22-19(18)24/h2-12H,13H2,1H3,(H,22,24). The van der Waals surface area contributed by atoms with E-state index in [2.05, 4.69) is 4.98 Å². The number of hydrogen-bond acceptors (Lipinski definition) is 2. The molecule has 0 saturated heterocycles. The Morgan fingerprint density at radius 3 is 2.52 bits per heavy atom. The summed E-state index contributed by atoms with van der Waals surface area (Å²) >= 11 is 5.94. The minimum atomic E-state index is -0.402. The molecule has 4 nitrogen and oxygen atoms in total. The molecule has 0 unspecified atom stereocenters. The van der Waals surface area contributed by atoms with Gasteiger partial charge in [0.2, 0.25) is 0 Å². The number of aromatic amines is 1. The summed E-state index contributed by atoms with van der Waals surface area (Å²) in [6.07, 6.45) is 1.51. The second-order valence-corrected chi connectivity index (χ2v) is 6.21. The Kier molecular flexibility index (Phi) is 5.00. The Labute approximate surface area is 150 Å². The molecule has 2 aromatic carbocycles. The molecule has 0 radical (unpaired) electrons. The van der Waals surface area contributed by atoms with Crippen LogP contribution in [0.3, 0.4) is 0 Å². The fraction of sp³-hybridized carbons (Fsp3) is 0.100. The molecule has 1 N–H and O–H groups in total. The lowest BCUT2D eigenvalue weighted by Gasteiger charge is -2.23. The van der Waals surface area contributed by atoms with Crippen molar-refractivity contribution in [2.45, 2.75) is 13.5 Å². The summed E-state index contributed by atoms with van der Waals surface area (Å²) in [5.74, 6) is -0.345. The van der Waals surface area contributed by atoms with Crippen molar-refractivity contribution in [3.05, 3.63) is 98.9 Å². The Hall–Kier alpha value is -2.85. The number of hydrogen-bond donors (Lipinski definition) is 1. The lowest BCUT2D eigenvalue weighted by Crippen LogP contribution is -2.34. The van der Waals surface area contributed by atoms with Crippen LogP contribution in [0.15, 0.2) is 71.7 Å². The molecule has 1 amide bonds. The van der Waals surface area contributed by atoms with Gasteiger partial charge in [0, 0.05) is 16.9 Å². The SMILES string of the molecule is Cc1cccc(N(Cc2ccc(Cl)cc2)C(=O)c2ccc[nH]c2=O)c1. The first-order chi connectivity index (χ1) is 12.0. The summed E-state index contributed by atoms with van der Waals surface area (Å²) in [5.41, 5.74) is 2.41. The maximum absolute atomic E-state index is 13.0. The van der Waals surface area contributed by atoms with Crippen LogP contribution in [0.1, 0.15) is 21.5 Å². The van der Waals surface area contributed by atoms with Gasteiger partial charge in [-0.2, -0.15) is 0 Å². The number of aryl methyl sites for hydroxylation is 1. The Balaban J connectivity index is 2.02. The molecule has 1 heterocycles. The largest absolute Gasteiger partial charge is 0.328 e. The van der Waals surface area contributed by atoms with E-state index in [1.54, 1.807) is 23.1 Å². The molecule has 0 spiro atoms. The molecule has 0 bridgehead atoms. The summed E-state index contributed by atoms with van der Waals surface area (Å²) in [6, 6.07) is 18.1. The lowest BCUT2D eigenvalue weighted by molar-refractivity contribution is 0.0983. The first-order valence-electron chi connectivity index (χ1n) is 7.85. The van der Waals surface area contributed by atoms with Gasteiger partial charge in [0.25, 0.3) is 11.5 Å². The van der Waals surface area contributed by atoms with Gasteiger partial charge >= 0.3 is 0 Å². The summed E-state index contributed by atoms with van der Waals surface area (Å²) in [6.45, 7) is 2.30. The number of halogens is 1. The second-order valence-electron chi connectivity index (χ2n) is 5.77. The van der Waals surface area contributed by atoms with Crippen molar-refractivity contribution in [2.75, 3.05) is 4.90 Å². The fourth-order valence-corrected chi connectivity index (χ4v) is 2.71. The van der Waals surface area contributed by atoms with Crippen LogP contribution in [0.5, 0.6) is 0 Å². The molecule has 3 rings (SSSR count). The van der Waals surface area contributed by atoms with Gasteiger partial charge in [0.15, 0.2) is 0 Å². The molecule has 0 saturated carbocycles. The van der Waals surface area contributed by atoms with E-state index in [9.17, 15) is 9.59 Å². The van der Waals surface area contributed by atoms with Crippen LogP contribution in [0.4, 0.5) is 5.69 Å². The lowest BCUT2D eigenvalue weighted by atomic mass is 10.1. The van der Waals surface area contributed by atoms with E-state index in [4.69, 9.17) is 11.6 Å². The first-order valence-corrected chi connectivity index (χ1v) is 8.23. The van der Waals surface area contributed by atoms with Crippen LogP contribution in [0, 0.1) is 6.92 Å². The number of carbonyl (C=O) groups is 1. The number of nitrogens with one attached hydrogen (secondary N) is 1. The minimum Gasteiger partial charge on any atom is -0.328 e. The van der Waals surface area contributed by atoms with Gasteiger partial charge in [-0.05, 0) is 54.4 Å². The van der Waals surface area contributed by atoms with Crippen molar-refractivity contribution in [3.8, 4) is 0 Å². The monoisotopic (exact) mass is 352 g/mol. The van der Waals surface area contributed by atoms with E-state index in [0.29, 0.717) is 11.6 Å². The normalized spacial score (nSPS) is 10.5. The average molecular weight is 353 g/mol. The number of amides is 1. The predicted molar refractivity (Wildman–Crippen MR) is 100 cm³/mol. The Morgan fingerprint density at radius 2 is 1.84 bits per heavy atom. The number of benzene rings is 2. The van der Waals surface area contributed by atoms with Crippen LogP contribution in [0.2, 0.25) is 5.02 Å². The summed E-state index contributed by atoms with van der Waals surface area (Å²) in [5, 5.41) is 0.636. The first kappa shape index (κ1) is 17.0. The highest BCUT2D eigenvalue weighted by molar-refractivity contribution is 6.30. The van der Waals surface area contributed by atoms with E-state index < -0.39 is 5.56 Å². The third-order valence-electron chi connectivity index (χ3n) is 3.86. The van der Waals surface area contributed by atoms with E-state index in [-0.39, 0.29) is 11.5 Å². The van der Waals surface area contributed by atoms with Gasteiger partial charge in [-0.3, -0.25) is 9.59 Å². The second kappa shape index (κ2) is 7.36. The number of pyridine rings is 1. The topological polar surface area (TPSA) is 53.2 Å². The van der Waals surface area contributed by atoms with E-state index >= 15 is 0 Å². The molecule has 25 heavy (non-hydrogen) atoms. The van der Waals surface area contributed by atoms with Gasteiger partial charge in [-0.1, -0.05) is 35.9 Å². The van der Waals surface area contributed by atoms with Gasteiger partial charge in [-0.25, -0.2) is 0 Å². The average Bonchev–Trinajstić information content (AvgIpc) is 2.61. The highest BCUT2D eigenvalue weighted by Gasteiger charge is 2.20. The fourth-order valence-electron chi connectivity index (χ4n) is 2.58. The van der Waals surface area contributed by atoms with E-state index in [1.165, 1.54) is 12.3 Å². The number of rotatable bonds is 4. The molecule has 0 atom stereocenters. The molecular weight excluding hydrogens is 336 g/mol. The zero-order valence-electron chi connectivity index (χ0n) is 13.7. The number of nitrogens with zero attached hydrogens (tertiary/aromatic N) is 1. The molecule has 0 aliphatic heterocycles. The van der Waals surface area contributed by atoms with Crippen molar-refractivity contribution in [2.24, 2.45) is 0 Å².